The molecule has 2 saturated heterocycles. The number of likely N-dealkylation sites (tertiary alicyclic amines) is 2. The Hall–Kier alpha value is -3.11. The Labute approximate surface area is 190 Å². The zero-order chi connectivity index (χ0) is 22.7. The van der Waals surface area contributed by atoms with Gasteiger partial charge in [-0.05, 0) is 66.9 Å². The summed E-state index contributed by atoms with van der Waals surface area (Å²) in [7, 11) is 0. The van der Waals surface area contributed by atoms with Crippen molar-refractivity contribution in [3.8, 4) is 11.4 Å². The highest BCUT2D eigenvalue weighted by Crippen LogP contribution is 2.46. The zero-order valence-corrected chi connectivity index (χ0v) is 18.5. The van der Waals surface area contributed by atoms with Crippen LogP contribution in [0.5, 0.6) is 0 Å². The van der Waals surface area contributed by atoms with Crippen molar-refractivity contribution >= 4 is 11.9 Å². The van der Waals surface area contributed by atoms with Gasteiger partial charge in [0, 0.05) is 24.2 Å². The largest absolute Gasteiger partial charge is 0.456 e. The van der Waals surface area contributed by atoms with Crippen molar-refractivity contribution in [2.45, 2.75) is 44.9 Å². The number of amides is 1. The molecular formula is C23H26N6O4. The fraction of sp³-hybridized carbons (Fsp3) is 0.522. The van der Waals surface area contributed by atoms with E-state index in [4.69, 9.17) is 4.74 Å². The van der Waals surface area contributed by atoms with Gasteiger partial charge >= 0.3 is 5.97 Å². The summed E-state index contributed by atoms with van der Waals surface area (Å²) >= 11 is 0. The molecule has 4 aliphatic rings. The number of benzene rings is 1. The van der Waals surface area contributed by atoms with Crippen LogP contribution in [0.1, 0.15) is 43.4 Å². The third-order valence-electron chi connectivity index (χ3n) is 7.61. The number of hydrogen-bond acceptors (Lipinski definition) is 8. The maximum Gasteiger partial charge on any atom is 0.333 e. The first kappa shape index (κ1) is 20.5. The van der Waals surface area contributed by atoms with Crippen LogP contribution in [0.15, 0.2) is 30.0 Å². The summed E-state index contributed by atoms with van der Waals surface area (Å²) < 4.78 is 6.78. The molecule has 2 atom stereocenters. The topological polar surface area (TPSA) is 114 Å². The van der Waals surface area contributed by atoms with Crippen LogP contribution < -0.4 is 0 Å². The first-order valence-electron chi connectivity index (χ1n) is 11.4. The van der Waals surface area contributed by atoms with Crippen molar-refractivity contribution in [2.75, 3.05) is 26.2 Å². The average molecular weight is 450 g/mol. The Balaban J connectivity index is 1.11. The molecule has 172 valence electrons. The van der Waals surface area contributed by atoms with E-state index in [9.17, 15) is 14.7 Å². The van der Waals surface area contributed by atoms with Crippen LogP contribution >= 0.6 is 0 Å². The number of aliphatic hydroxyl groups excluding tert-OH is 1. The summed E-state index contributed by atoms with van der Waals surface area (Å²) in [6.07, 6.45) is 3.10. The van der Waals surface area contributed by atoms with E-state index >= 15 is 0 Å². The number of aliphatic hydroxyl groups is 1. The fourth-order valence-corrected chi connectivity index (χ4v) is 5.86. The summed E-state index contributed by atoms with van der Waals surface area (Å²) in [5.41, 5.74) is 3.24. The summed E-state index contributed by atoms with van der Waals surface area (Å²) in [4.78, 5) is 28.8. The molecule has 1 N–H and O–H groups in total. The van der Waals surface area contributed by atoms with E-state index in [1.807, 2.05) is 25.1 Å². The Morgan fingerprint density at radius 1 is 1.27 bits per heavy atom. The summed E-state index contributed by atoms with van der Waals surface area (Å²) in [6, 6.07) is 6.03. The second kappa shape index (κ2) is 7.46. The minimum Gasteiger partial charge on any atom is -0.456 e. The van der Waals surface area contributed by atoms with Crippen molar-refractivity contribution in [1.82, 2.24) is 30.0 Å². The summed E-state index contributed by atoms with van der Waals surface area (Å²) in [5.74, 6) is 0.468. The van der Waals surface area contributed by atoms with Crippen LogP contribution in [0.3, 0.4) is 0 Å². The van der Waals surface area contributed by atoms with Crippen molar-refractivity contribution < 1.29 is 19.4 Å². The van der Waals surface area contributed by atoms with Crippen LogP contribution in [0.25, 0.3) is 11.4 Å². The number of fused-ring (bicyclic) bond motifs is 3. The Morgan fingerprint density at radius 2 is 2.09 bits per heavy atom. The molecule has 4 aliphatic heterocycles. The van der Waals surface area contributed by atoms with Gasteiger partial charge in [0.15, 0.2) is 5.82 Å². The van der Waals surface area contributed by atoms with Crippen molar-refractivity contribution in [1.29, 1.82) is 0 Å². The van der Waals surface area contributed by atoms with Crippen molar-refractivity contribution in [3.05, 3.63) is 41.1 Å². The third-order valence-corrected chi connectivity index (χ3v) is 7.61. The van der Waals surface area contributed by atoms with Crippen molar-refractivity contribution in [3.63, 3.8) is 0 Å². The van der Waals surface area contributed by atoms with Crippen LogP contribution in [-0.4, -0.2) is 79.3 Å². The molecule has 2 aromatic rings. The molecule has 33 heavy (non-hydrogen) atoms. The molecule has 1 aromatic carbocycles. The van der Waals surface area contributed by atoms with E-state index in [0.717, 1.165) is 54.9 Å². The number of β-amino-alcohol motifs (C(OH)–C–C–N with tert-alkyl or cyclic N) is 1. The number of rotatable bonds is 4. The number of piperidine rings is 1. The maximum absolute atomic E-state index is 13.4. The molecule has 0 saturated carbocycles. The van der Waals surface area contributed by atoms with Gasteiger partial charge in [-0.25, -0.2) is 9.48 Å². The van der Waals surface area contributed by atoms with Crippen LogP contribution in [0.4, 0.5) is 0 Å². The molecule has 10 heteroatoms. The van der Waals surface area contributed by atoms with Crippen LogP contribution in [0, 0.1) is 5.41 Å². The third kappa shape index (κ3) is 3.27. The SMILES string of the molecule is C[C@@H]1CC2(CCN(C[C@H](O)c3ccc4c(c3)-c3nnnn3C4)CC2)C(=O)N1C1=CC(=O)OC1. The standard InChI is InChI=1S/C23H26N6O4/c1-14-10-23(22(32)29(14)17-9-20(31)33-13-17)4-6-27(7-5-23)12-19(30)15-2-3-16-11-28-21(18(16)8-15)24-25-26-28/h2-3,8-9,14,19,30H,4-7,10-13H2,1H3/t14-,19+/m1/s1. The lowest BCUT2D eigenvalue weighted by Crippen LogP contribution is -2.45. The van der Waals surface area contributed by atoms with E-state index in [1.54, 1.807) is 9.58 Å². The highest BCUT2D eigenvalue weighted by atomic mass is 16.5. The highest BCUT2D eigenvalue weighted by Gasteiger charge is 2.52. The van der Waals surface area contributed by atoms with E-state index < -0.39 is 11.5 Å². The summed E-state index contributed by atoms with van der Waals surface area (Å²) in [5, 5.41) is 22.7. The van der Waals surface area contributed by atoms with Crippen LogP contribution in [0.2, 0.25) is 0 Å². The first-order chi connectivity index (χ1) is 15.9. The van der Waals surface area contributed by atoms with E-state index in [1.165, 1.54) is 6.08 Å². The molecule has 0 bridgehead atoms. The van der Waals surface area contributed by atoms with Gasteiger partial charge in [-0.1, -0.05) is 12.1 Å². The normalized spacial score (nSPS) is 24.7. The second-order valence-electron chi connectivity index (χ2n) is 9.65. The van der Waals surface area contributed by atoms with Crippen LogP contribution in [-0.2, 0) is 20.9 Å². The number of cyclic esters (lactones) is 1. The minimum atomic E-state index is -0.629. The first-order valence-corrected chi connectivity index (χ1v) is 11.4. The molecule has 6 rings (SSSR count). The Kier molecular flexibility index (Phi) is 4.63. The van der Waals surface area contributed by atoms with Gasteiger partial charge in [-0.15, -0.1) is 5.10 Å². The molecule has 0 aliphatic carbocycles. The molecule has 5 heterocycles. The molecule has 2 fully saturated rings. The van der Waals surface area contributed by atoms with Gasteiger partial charge in [-0.3, -0.25) is 4.79 Å². The molecule has 1 spiro atoms. The molecule has 1 aromatic heterocycles. The molecule has 0 unspecified atom stereocenters. The smallest absolute Gasteiger partial charge is 0.333 e. The number of hydrogen-bond donors (Lipinski definition) is 1. The number of aromatic nitrogens is 4. The maximum atomic E-state index is 13.4. The highest BCUT2D eigenvalue weighted by molar-refractivity contribution is 5.91. The van der Waals surface area contributed by atoms with Gasteiger partial charge in [0.2, 0.25) is 5.91 Å². The Bertz CT molecular complexity index is 1170. The molecule has 0 radical (unpaired) electrons. The van der Waals surface area contributed by atoms with Gasteiger partial charge < -0.3 is 19.6 Å². The predicted octanol–water partition coefficient (Wildman–Crippen LogP) is 0.879. The number of ether oxygens (including phenoxy) is 1. The molecule has 10 nitrogen and oxygen atoms in total. The minimum absolute atomic E-state index is 0.0540. The number of esters is 1. The number of carbonyl (C=O) groups excluding carboxylic acids is 2. The predicted molar refractivity (Wildman–Crippen MR) is 115 cm³/mol. The van der Waals surface area contributed by atoms with E-state index in [0.29, 0.717) is 18.8 Å². The fourth-order valence-electron chi connectivity index (χ4n) is 5.86. The van der Waals surface area contributed by atoms with Gasteiger partial charge in [0.25, 0.3) is 0 Å². The lowest BCUT2D eigenvalue weighted by molar-refractivity contribution is -0.139. The van der Waals surface area contributed by atoms with E-state index in [-0.39, 0.29) is 24.5 Å². The van der Waals surface area contributed by atoms with Crippen molar-refractivity contribution in [2.24, 2.45) is 5.41 Å². The van der Waals surface area contributed by atoms with Gasteiger partial charge in [0.1, 0.15) is 6.61 Å². The monoisotopic (exact) mass is 450 g/mol. The number of tetrazole rings is 1. The van der Waals surface area contributed by atoms with Gasteiger partial charge in [0.05, 0.1) is 23.8 Å². The zero-order valence-electron chi connectivity index (χ0n) is 18.5. The van der Waals surface area contributed by atoms with Gasteiger partial charge in [-0.2, -0.15) is 0 Å². The molecular weight excluding hydrogens is 424 g/mol. The lowest BCUT2D eigenvalue weighted by Gasteiger charge is -2.38. The molecule has 1 amide bonds. The average Bonchev–Trinajstić information content (AvgIpc) is 3.54. The quantitative estimate of drug-likeness (QED) is 0.583. The Morgan fingerprint density at radius 3 is 2.85 bits per heavy atom. The number of nitrogens with zero attached hydrogens (tertiary/aromatic N) is 6. The van der Waals surface area contributed by atoms with E-state index in [2.05, 4.69) is 20.4 Å². The number of carbonyl (C=O) groups is 2. The lowest BCUT2D eigenvalue weighted by atomic mass is 9.76. The second-order valence-corrected chi connectivity index (χ2v) is 9.65. The summed E-state index contributed by atoms with van der Waals surface area (Å²) in [6.45, 7) is 4.89.